The fourth-order valence-corrected chi connectivity index (χ4v) is 3.81. The molecule has 12 heteroatoms. The highest BCUT2D eigenvalue weighted by Crippen LogP contribution is 2.39. The first-order valence-electron chi connectivity index (χ1n) is 9.78. The standard InChI is InChI=1S/C20H27BrN2O5.O3S/c1-3-7-28-20(27)19-18(21)17(16(23-19)8-22-4-2)13-6-5-12(9-24)14(10-25)15(13)11-26;1-4(2)3/h5-6,22-26H,3-4,7-11H2,1-2H3;. The molecule has 178 valence electrons. The van der Waals surface area contributed by atoms with Gasteiger partial charge in [0.25, 0.3) is 0 Å². The SMILES string of the molecule is CCCOC(=O)c1[nH]c(CNCC)c(-c2ccc(CO)c(CO)c2CO)c1Br.O=S(=O)=O. The van der Waals surface area contributed by atoms with Gasteiger partial charge in [-0.05, 0) is 51.1 Å². The number of aromatic amines is 1. The molecule has 0 fully saturated rings. The lowest BCUT2D eigenvalue weighted by Crippen LogP contribution is -2.13. The molecule has 1 heterocycles. The molecule has 0 spiro atoms. The van der Waals surface area contributed by atoms with Crippen molar-refractivity contribution in [3.63, 3.8) is 0 Å². The molecule has 0 aliphatic rings. The lowest BCUT2D eigenvalue weighted by atomic mass is 9.92. The van der Waals surface area contributed by atoms with Crippen LogP contribution in [0.4, 0.5) is 0 Å². The van der Waals surface area contributed by atoms with Crippen LogP contribution in [-0.4, -0.2) is 52.1 Å². The van der Waals surface area contributed by atoms with E-state index in [1.54, 1.807) is 12.1 Å². The highest BCUT2D eigenvalue weighted by molar-refractivity contribution is 9.10. The second-order valence-electron chi connectivity index (χ2n) is 6.49. The van der Waals surface area contributed by atoms with Gasteiger partial charge >= 0.3 is 16.6 Å². The summed E-state index contributed by atoms with van der Waals surface area (Å²) in [6.07, 6.45) is 0.721. The number of ether oxygens (including phenoxy) is 1. The summed E-state index contributed by atoms with van der Waals surface area (Å²) >= 11 is 3.52. The van der Waals surface area contributed by atoms with Crippen LogP contribution in [0.5, 0.6) is 0 Å². The normalized spacial score (nSPS) is 10.4. The number of hydrogen-bond acceptors (Lipinski definition) is 9. The molecule has 2 aromatic rings. The molecule has 32 heavy (non-hydrogen) atoms. The average molecular weight is 535 g/mol. The lowest BCUT2D eigenvalue weighted by molar-refractivity contribution is 0.0497. The van der Waals surface area contributed by atoms with Gasteiger partial charge in [0.05, 0.1) is 30.9 Å². The summed E-state index contributed by atoms with van der Waals surface area (Å²) in [5, 5.41) is 32.5. The van der Waals surface area contributed by atoms with E-state index >= 15 is 0 Å². The van der Waals surface area contributed by atoms with E-state index in [0.717, 1.165) is 18.7 Å². The molecule has 5 N–H and O–H groups in total. The Morgan fingerprint density at radius 2 is 1.72 bits per heavy atom. The van der Waals surface area contributed by atoms with E-state index < -0.39 is 16.6 Å². The van der Waals surface area contributed by atoms with Crippen LogP contribution in [0, 0.1) is 0 Å². The van der Waals surface area contributed by atoms with Gasteiger partial charge in [0.2, 0.25) is 0 Å². The van der Waals surface area contributed by atoms with Crippen LogP contribution in [-0.2, 0) is 41.7 Å². The van der Waals surface area contributed by atoms with Crippen molar-refractivity contribution in [3.05, 3.63) is 44.7 Å². The third-order valence-corrected chi connectivity index (χ3v) is 5.29. The van der Waals surface area contributed by atoms with Crippen LogP contribution in [0.1, 0.15) is 53.1 Å². The number of aromatic nitrogens is 1. The molecule has 0 aliphatic carbocycles. The van der Waals surface area contributed by atoms with Crippen LogP contribution in [0.3, 0.4) is 0 Å². The third-order valence-electron chi connectivity index (χ3n) is 4.49. The first-order chi connectivity index (χ1) is 15.3. The van der Waals surface area contributed by atoms with Gasteiger partial charge in [-0.1, -0.05) is 26.0 Å². The Hall–Kier alpha value is -2.09. The molecule has 0 bridgehead atoms. The van der Waals surface area contributed by atoms with E-state index in [0.29, 0.717) is 51.1 Å². The molecule has 2 rings (SSSR count). The Labute approximate surface area is 195 Å². The van der Waals surface area contributed by atoms with Crippen molar-refractivity contribution in [1.82, 2.24) is 10.3 Å². The predicted molar refractivity (Wildman–Crippen MR) is 119 cm³/mol. The molecule has 0 saturated carbocycles. The largest absolute Gasteiger partial charge is 0.461 e. The first-order valence-corrected chi connectivity index (χ1v) is 11.6. The van der Waals surface area contributed by atoms with Crippen LogP contribution in [0.2, 0.25) is 0 Å². The summed E-state index contributed by atoms with van der Waals surface area (Å²) in [4.78, 5) is 15.6. The summed E-state index contributed by atoms with van der Waals surface area (Å²) < 4.78 is 31.1. The van der Waals surface area contributed by atoms with E-state index in [2.05, 4.69) is 26.2 Å². The zero-order valence-corrected chi connectivity index (χ0v) is 20.2. The molecule has 10 nitrogen and oxygen atoms in total. The number of benzene rings is 1. The highest BCUT2D eigenvalue weighted by atomic mass is 79.9. The molecule has 1 aromatic heterocycles. The first kappa shape index (κ1) is 27.9. The maximum absolute atomic E-state index is 12.4. The van der Waals surface area contributed by atoms with Crippen LogP contribution < -0.4 is 5.32 Å². The lowest BCUT2D eigenvalue weighted by Gasteiger charge is -2.16. The van der Waals surface area contributed by atoms with Gasteiger partial charge < -0.3 is 30.4 Å². The van der Waals surface area contributed by atoms with Gasteiger partial charge in [-0.3, -0.25) is 0 Å². The van der Waals surface area contributed by atoms with E-state index in [-0.39, 0.29) is 19.8 Å². The van der Waals surface area contributed by atoms with Gasteiger partial charge in [-0.15, -0.1) is 12.6 Å². The molecule has 0 atom stereocenters. The number of esters is 1. The van der Waals surface area contributed by atoms with Gasteiger partial charge in [0.1, 0.15) is 5.69 Å². The van der Waals surface area contributed by atoms with Crippen molar-refractivity contribution in [2.24, 2.45) is 0 Å². The third kappa shape index (κ3) is 7.22. The van der Waals surface area contributed by atoms with E-state index in [1.807, 2.05) is 13.8 Å². The number of carbonyl (C=O) groups excluding carboxylic acids is 1. The van der Waals surface area contributed by atoms with Crippen molar-refractivity contribution < 1.29 is 37.5 Å². The number of H-pyrrole nitrogens is 1. The summed E-state index contributed by atoms with van der Waals surface area (Å²) in [6.45, 7) is 4.58. The van der Waals surface area contributed by atoms with Crippen LogP contribution in [0.25, 0.3) is 11.1 Å². The molecule has 1 aromatic carbocycles. The molecular weight excluding hydrogens is 508 g/mol. The van der Waals surface area contributed by atoms with Gasteiger partial charge in [-0.25, -0.2) is 4.79 Å². The Morgan fingerprint density at radius 3 is 2.22 bits per heavy atom. The highest BCUT2D eigenvalue weighted by Gasteiger charge is 2.25. The van der Waals surface area contributed by atoms with Gasteiger partial charge in [0, 0.05) is 17.8 Å². The summed E-state index contributed by atoms with van der Waals surface area (Å²) in [5.74, 6) is -0.461. The second-order valence-corrected chi connectivity index (χ2v) is 7.69. The molecule has 0 radical (unpaired) electrons. The van der Waals surface area contributed by atoms with E-state index in [4.69, 9.17) is 17.4 Å². The Morgan fingerprint density at radius 1 is 1.09 bits per heavy atom. The van der Waals surface area contributed by atoms with Crippen LogP contribution >= 0.6 is 15.9 Å². The Bertz CT molecular complexity index is 1010. The van der Waals surface area contributed by atoms with Crippen molar-refractivity contribution in [2.75, 3.05) is 13.2 Å². The molecule has 0 aliphatic heterocycles. The minimum Gasteiger partial charge on any atom is -0.461 e. The minimum absolute atomic E-state index is 0.240. The fourth-order valence-electron chi connectivity index (χ4n) is 3.10. The number of carbonyl (C=O) groups is 1. The van der Waals surface area contributed by atoms with Crippen molar-refractivity contribution >= 4 is 32.5 Å². The molecule has 0 amide bonds. The number of aliphatic hydroxyl groups is 3. The summed E-state index contributed by atoms with van der Waals surface area (Å²) in [5.41, 5.74) is 4.00. The van der Waals surface area contributed by atoms with Crippen molar-refractivity contribution in [3.8, 4) is 11.1 Å². The zero-order valence-electron chi connectivity index (χ0n) is 17.8. The number of rotatable bonds is 10. The topological polar surface area (TPSA) is 166 Å². The Kier molecular flexibility index (Phi) is 12.3. The second kappa shape index (κ2) is 14.1. The Balaban J connectivity index is 0.00000118. The summed E-state index contributed by atoms with van der Waals surface area (Å²) in [6, 6.07) is 3.49. The molecule has 0 unspecified atom stereocenters. The smallest absolute Gasteiger partial charge is 0.425 e. The maximum Gasteiger partial charge on any atom is 0.425 e. The fraction of sp³-hybridized carbons (Fsp3) is 0.450. The van der Waals surface area contributed by atoms with E-state index in [1.165, 1.54) is 0 Å². The minimum atomic E-state index is -3.11. The average Bonchev–Trinajstić information content (AvgIpc) is 3.10. The maximum atomic E-state index is 12.4. The van der Waals surface area contributed by atoms with Gasteiger partial charge in [0.15, 0.2) is 0 Å². The quantitative estimate of drug-likeness (QED) is 0.284. The number of hydrogen-bond donors (Lipinski definition) is 5. The number of aliphatic hydroxyl groups excluding tert-OH is 3. The van der Waals surface area contributed by atoms with E-state index in [9.17, 15) is 20.1 Å². The molecular formula is C20H27BrN2O8S. The molecule has 0 saturated heterocycles. The van der Waals surface area contributed by atoms with Crippen molar-refractivity contribution in [1.29, 1.82) is 0 Å². The number of nitrogens with one attached hydrogen (secondary N) is 2. The van der Waals surface area contributed by atoms with Crippen molar-refractivity contribution in [2.45, 2.75) is 46.6 Å². The van der Waals surface area contributed by atoms with Gasteiger partial charge in [-0.2, -0.15) is 0 Å². The predicted octanol–water partition coefficient (Wildman–Crippen LogP) is 1.59. The monoisotopic (exact) mass is 534 g/mol. The zero-order chi connectivity index (χ0) is 24.3. The number of halogens is 1. The van der Waals surface area contributed by atoms with Crippen LogP contribution in [0.15, 0.2) is 16.6 Å². The summed E-state index contributed by atoms with van der Waals surface area (Å²) in [7, 11) is -3.11.